The molecule has 1 aromatic rings. The van der Waals surface area contributed by atoms with E-state index in [2.05, 4.69) is 23.8 Å². The molecule has 1 N–H and O–H groups in total. The second kappa shape index (κ2) is 4.33. The van der Waals surface area contributed by atoms with Crippen molar-refractivity contribution in [3.8, 4) is 0 Å². The van der Waals surface area contributed by atoms with E-state index >= 15 is 0 Å². The molecule has 0 aliphatic heterocycles. The summed E-state index contributed by atoms with van der Waals surface area (Å²) in [4.78, 5) is 8.20. The summed E-state index contributed by atoms with van der Waals surface area (Å²) < 4.78 is 0. The summed E-state index contributed by atoms with van der Waals surface area (Å²) in [6, 6.07) is 0. The lowest BCUT2D eigenvalue weighted by molar-refractivity contribution is 0.146. The quantitative estimate of drug-likeness (QED) is 0.772. The van der Waals surface area contributed by atoms with Gasteiger partial charge in [0.2, 0.25) is 0 Å². The third-order valence-electron chi connectivity index (χ3n) is 1.81. The van der Waals surface area contributed by atoms with Gasteiger partial charge in [-0.15, -0.1) is 0 Å². The highest BCUT2D eigenvalue weighted by atomic mass is 16.3. The molecule has 0 aliphatic rings. The first-order valence-corrected chi connectivity index (χ1v) is 4.56. The Balaban J connectivity index is 2.71. The van der Waals surface area contributed by atoms with Crippen molar-refractivity contribution in [2.24, 2.45) is 5.92 Å². The molecule has 1 rings (SSSR count). The van der Waals surface area contributed by atoms with Gasteiger partial charge < -0.3 is 5.11 Å². The lowest BCUT2D eigenvalue weighted by Crippen LogP contribution is -2.05. The highest BCUT2D eigenvalue weighted by Gasteiger charge is 2.11. The molecule has 3 nitrogen and oxygen atoms in total. The normalized spacial score (nSPS) is 13.3. The third-order valence-corrected chi connectivity index (χ3v) is 1.81. The summed E-state index contributed by atoms with van der Waals surface area (Å²) in [6.07, 6.45) is 3.57. The Morgan fingerprint density at radius 2 is 2.08 bits per heavy atom. The molecule has 0 radical (unpaired) electrons. The Bertz CT molecular complexity index is 273. The van der Waals surface area contributed by atoms with E-state index in [4.69, 9.17) is 0 Å². The fraction of sp³-hybridized carbons (Fsp3) is 0.600. The molecule has 0 bridgehead atoms. The zero-order chi connectivity index (χ0) is 9.84. The van der Waals surface area contributed by atoms with Crippen LogP contribution in [-0.2, 0) is 0 Å². The van der Waals surface area contributed by atoms with Crippen LogP contribution in [-0.4, -0.2) is 15.1 Å². The van der Waals surface area contributed by atoms with Crippen LogP contribution in [0.4, 0.5) is 0 Å². The van der Waals surface area contributed by atoms with E-state index in [1.54, 1.807) is 12.4 Å². The molecule has 1 heterocycles. The van der Waals surface area contributed by atoms with E-state index in [0.29, 0.717) is 11.6 Å². The molecule has 0 saturated heterocycles. The lowest BCUT2D eigenvalue weighted by atomic mass is 10.0. The molecular formula is C10H16N2O. The third kappa shape index (κ3) is 3.11. The Kier molecular flexibility index (Phi) is 3.37. The molecule has 1 unspecified atom stereocenters. The van der Waals surface area contributed by atoms with Crippen molar-refractivity contribution in [1.82, 2.24) is 9.97 Å². The van der Waals surface area contributed by atoms with Crippen LogP contribution in [0.1, 0.15) is 37.8 Å². The highest BCUT2D eigenvalue weighted by molar-refractivity contribution is 5.04. The second-order valence-electron chi connectivity index (χ2n) is 3.73. The van der Waals surface area contributed by atoms with Crippen molar-refractivity contribution in [3.63, 3.8) is 0 Å². The molecule has 72 valence electrons. The maximum absolute atomic E-state index is 9.71. The first kappa shape index (κ1) is 10.1. The first-order valence-electron chi connectivity index (χ1n) is 4.56. The lowest BCUT2D eigenvalue weighted by Gasteiger charge is -2.11. The Morgan fingerprint density at radius 3 is 2.62 bits per heavy atom. The Hall–Kier alpha value is -0.960. The number of aromatic nitrogens is 2. The van der Waals surface area contributed by atoms with E-state index in [0.717, 1.165) is 12.1 Å². The summed E-state index contributed by atoms with van der Waals surface area (Å²) in [5.41, 5.74) is 1.52. The molecule has 13 heavy (non-hydrogen) atoms. The molecule has 0 fully saturated rings. The molecule has 1 atom stereocenters. The van der Waals surface area contributed by atoms with Crippen LogP contribution in [0.5, 0.6) is 0 Å². The fourth-order valence-corrected chi connectivity index (χ4v) is 1.21. The number of rotatable bonds is 3. The van der Waals surface area contributed by atoms with Crippen LogP contribution in [0.25, 0.3) is 0 Å². The van der Waals surface area contributed by atoms with Gasteiger partial charge in [-0.2, -0.15) is 0 Å². The summed E-state index contributed by atoms with van der Waals surface area (Å²) in [5, 5.41) is 9.71. The minimum atomic E-state index is -0.479. The summed E-state index contributed by atoms with van der Waals surface area (Å²) in [6.45, 7) is 6.03. The average molecular weight is 180 g/mol. The number of aryl methyl sites for hydroxylation is 1. The van der Waals surface area contributed by atoms with Crippen LogP contribution < -0.4 is 0 Å². The van der Waals surface area contributed by atoms with Gasteiger partial charge in [-0.3, -0.25) is 9.97 Å². The SMILES string of the molecule is Cc1cncc(C(O)CC(C)C)n1. The number of hydrogen-bond donors (Lipinski definition) is 1. The molecule has 0 saturated carbocycles. The molecule has 3 heteroatoms. The monoisotopic (exact) mass is 180 g/mol. The molecule has 0 aliphatic carbocycles. The van der Waals surface area contributed by atoms with Gasteiger partial charge in [0.1, 0.15) is 0 Å². The molecule has 0 spiro atoms. The first-order chi connectivity index (χ1) is 6.09. The highest BCUT2D eigenvalue weighted by Crippen LogP contribution is 2.18. The topological polar surface area (TPSA) is 46.0 Å². The zero-order valence-corrected chi connectivity index (χ0v) is 8.36. The zero-order valence-electron chi connectivity index (χ0n) is 8.36. The summed E-state index contributed by atoms with van der Waals surface area (Å²) in [5.74, 6) is 0.470. The van der Waals surface area contributed by atoms with Gasteiger partial charge in [-0.05, 0) is 19.3 Å². The second-order valence-corrected chi connectivity index (χ2v) is 3.73. The van der Waals surface area contributed by atoms with Crippen LogP contribution >= 0.6 is 0 Å². The van der Waals surface area contributed by atoms with Crippen LogP contribution in [0, 0.1) is 12.8 Å². The van der Waals surface area contributed by atoms with Gasteiger partial charge in [0.15, 0.2) is 0 Å². The Morgan fingerprint density at radius 1 is 1.38 bits per heavy atom. The van der Waals surface area contributed by atoms with Crippen LogP contribution in [0.15, 0.2) is 12.4 Å². The van der Waals surface area contributed by atoms with Gasteiger partial charge in [0.05, 0.1) is 23.7 Å². The summed E-state index contributed by atoms with van der Waals surface area (Å²) >= 11 is 0. The smallest absolute Gasteiger partial charge is 0.0978 e. The molecule has 0 amide bonds. The maximum Gasteiger partial charge on any atom is 0.0978 e. The van der Waals surface area contributed by atoms with Crippen LogP contribution in [0.3, 0.4) is 0 Å². The number of nitrogens with zero attached hydrogens (tertiary/aromatic N) is 2. The van der Waals surface area contributed by atoms with Crippen molar-refractivity contribution < 1.29 is 5.11 Å². The Labute approximate surface area is 78.9 Å². The van der Waals surface area contributed by atoms with Crippen molar-refractivity contribution in [1.29, 1.82) is 0 Å². The largest absolute Gasteiger partial charge is 0.387 e. The maximum atomic E-state index is 9.71. The van der Waals surface area contributed by atoms with Gasteiger partial charge in [0, 0.05) is 6.20 Å². The summed E-state index contributed by atoms with van der Waals surface area (Å²) in [7, 11) is 0. The van der Waals surface area contributed by atoms with E-state index in [-0.39, 0.29) is 0 Å². The van der Waals surface area contributed by atoms with E-state index in [9.17, 15) is 5.11 Å². The van der Waals surface area contributed by atoms with Gasteiger partial charge in [-0.1, -0.05) is 13.8 Å². The number of aliphatic hydroxyl groups excluding tert-OH is 1. The number of hydrogen-bond acceptors (Lipinski definition) is 3. The van der Waals surface area contributed by atoms with E-state index in [1.807, 2.05) is 6.92 Å². The minimum Gasteiger partial charge on any atom is -0.387 e. The molecular weight excluding hydrogens is 164 g/mol. The van der Waals surface area contributed by atoms with E-state index in [1.165, 1.54) is 0 Å². The van der Waals surface area contributed by atoms with E-state index < -0.39 is 6.10 Å². The number of aliphatic hydroxyl groups is 1. The van der Waals surface area contributed by atoms with Gasteiger partial charge in [-0.25, -0.2) is 0 Å². The van der Waals surface area contributed by atoms with Crippen LogP contribution in [0.2, 0.25) is 0 Å². The standard InChI is InChI=1S/C10H16N2O/c1-7(2)4-10(13)9-6-11-5-8(3)12-9/h5-7,10,13H,4H2,1-3H3. The molecule has 1 aromatic heterocycles. The van der Waals surface area contributed by atoms with Crippen molar-refractivity contribution in [2.75, 3.05) is 0 Å². The predicted molar refractivity (Wildman–Crippen MR) is 51.2 cm³/mol. The fourth-order valence-electron chi connectivity index (χ4n) is 1.21. The minimum absolute atomic E-state index is 0.470. The van der Waals surface area contributed by atoms with Gasteiger partial charge in [0.25, 0.3) is 0 Å². The van der Waals surface area contributed by atoms with Crippen molar-refractivity contribution >= 4 is 0 Å². The van der Waals surface area contributed by atoms with Crippen molar-refractivity contribution in [2.45, 2.75) is 33.3 Å². The predicted octanol–water partition coefficient (Wildman–Crippen LogP) is 1.86. The van der Waals surface area contributed by atoms with Gasteiger partial charge >= 0.3 is 0 Å². The average Bonchev–Trinajstić information content (AvgIpc) is 2.03. The van der Waals surface area contributed by atoms with Crippen molar-refractivity contribution in [3.05, 3.63) is 23.8 Å². The molecule has 0 aromatic carbocycles.